The molecule has 0 spiro atoms. The van der Waals surface area contributed by atoms with Gasteiger partial charge in [-0.3, -0.25) is 9.69 Å². The molecule has 2 atom stereocenters. The van der Waals surface area contributed by atoms with E-state index in [0.717, 1.165) is 18.7 Å². The van der Waals surface area contributed by atoms with Crippen LogP contribution in [0.1, 0.15) is 30.9 Å². The molecule has 1 saturated carbocycles. The van der Waals surface area contributed by atoms with Crippen LogP contribution in [-0.2, 0) is 14.3 Å². The lowest BCUT2D eigenvalue weighted by molar-refractivity contribution is -0.123. The monoisotopic (exact) mass is 344 g/mol. The van der Waals surface area contributed by atoms with E-state index >= 15 is 0 Å². The second kappa shape index (κ2) is 6.96. The largest absolute Gasteiger partial charge is 0.497 e. The maximum absolute atomic E-state index is 12.5. The van der Waals surface area contributed by atoms with E-state index in [0.29, 0.717) is 19.3 Å². The van der Waals surface area contributed by atoms with Crippen molar-refractivity contribution in [3.05, 3.63) is 41.9 Å². The first kappa shape index (κ1) is 16.3. The lowest BCUT2D eigenvalue weighted by Gasteiger charge is -2.29. The normalized spacial score (nSPS) is 26.4. The number of hydrogen-bond donors (Lipinski definition) is 1. The summed E-state index contributed by atoms with van der Waals surface area (Å²) in [5, 5.41) is 3.15. The highest BCUT2D eigenvalue weighted by Crippen LogP contribution is 2.41. The molecule has 3 aliphatic rings. The third-order valence-corrected chi connectivity index (χ3v) is 5.08. The van der Waals surface area contributed by atoms with Crippen LogP contribution in [0.4, 0.5) is 0 Å². The summed E-state index contributed by atoms with van der Waals surface area (Å²) in [5.74, 6) is 0.910. The van der Waals surface area contributed by atoms with E-state index in [1.165, 1.54) is 24.7 Å². The number of methoxy groups -OCH3 is 1. The van der Waals surface area contributed by atoms with Crippen LogP contribution in [-0.4, -0.2) is 49.8 Å². The number of likely N-dealkylation sites (tertiary alicyclic amines) is 1. The van der Waals surface area contributed by atoms with Crippen molar-refractivity contribution >= 4 is 5.91 Å². The summed E-state index contributed by atoms with van der Waals surface area (Å²) in [6.45, 7) is 1.90. The van der Waals surface area contributed by atoms with Gasteiger partial charge in [-0.2, -0.15) is 0 Å². The first-order valence-corrected chi connectivity index (χ1v) is 8.91. The van der Waals surface area contributed by atoms with Crippen LogP contribution in [0.5, 0.6) is 5.75 Å². The maximum atomic E-state index is 12.5. The van der Waals surface area contributed by atoms with Crippen LogP contribution in [0.25, 0.3) is 0 Å². The quantitative estimate of drug-likeness (QED) is 0.885. The summed E-state index contributed by atoms with van der Waals surface area (Å²) < 4.78 is 16.0. The Hall–Kier alpha value is -2.21. The molecular formula is C19H24N2O4. The summed E-state index contributed by atoms with van der Waals surface area (Å²) in [5.41, 5.74) is 1.18. The summed E-state index contributed by atoms with van der Waals surface area (Å²) >= 11 is 0. The summed E-state index contributed by atoms with van der Waals surface area (Å²) in [6.07, 6.45) is 4.82. The number of carbonyl (C=O) groups excluding carboxylic acids is 1. The molecule has 2 aliphatic heterocycles. The van der Waals surface area contributed by atoms with Crippen LogP contribution < -0.4 is 10.1 Å². The Morgan fingerprint density at radius 1 is 1.28 bits per heavy atom. The predicted molar refractivity (Wildman–Crippen MR) is 92.0 cm³/mol. The van der Waals surface area contributed by atoms with Crippen molar-refractivity contribution in [2.24, 2.45) is 0 Å². The molecule has 1 aromatic rings. The minimum absolute atomic E-state index is 0.0478. The second-order valence-corrected chi connectivity index (χ2v) is 6.76. The van der Waals surface area contributed by atoms with Gasteiger partial charge in [0.2, 0.25) is 5.76 Å². The Bertz CT molecular complexity index is 671. The smallest absolute Gasteiger partial charge is 0.289 e. The number of amides is 1. The van der Waals surface area contributed by atoms with E-state index in [1.54, 1.807) is 7.11 Å². The van der Waals surface area contributed by atoms with Gasteiger partial charge in [-0.05, 0) is 37.0 Å². The van der Waals surface area contributed by atoms with E-state index in [-0.39, 0.29) is 23.8 Å². The molecule has 0 radical (unpaired) electrons. The predicted octanol–water partition coefficient (Wildman–Crippen LogP) is 1.98. The Morgan fingerprint density at radius 3 is 2.88 bits per heavy atom. The van der Waals surface area contributed by atoms with E-state index < -0.39 is 0 Å². The molecule has 1 saturated heterocycles. The number of nitrogens with one attached hydrogen (secondary N) is 1. The van der Waals surface area contributed by atoms with Crippen molar-refractivity contribution in [1.82, 2.24) is 10.2 Å². The molecule has 4 rings (SSSR count). The van der Waals surface area contributed by atoms with Crippen LogP contribution >= 0.6 is 0 Å². The number of benzene rings is 1. The van der Waals surface area contributed by atoms with Gasteiger partial charge in [0.1, 0.15) is 25.2 Å². The number of hydrogen-bond acceptors (Lipinski definition) is 5. The third-order valence-electron chi connectivity index (χ3n) is 5.08. The summed E-state index contributed by atoms with van der Waals surface area (Å²) in [4.78, 5) is 15.0. The molecule has 134 valence electrons. The van der Waals surface area contributed by atoms with Crippen molar-refractivity contribution in [1.29, 1.82) is 0 Å². The fourth-order valence-electron chi connectivity index (χ4n) is 3.76. The van der Waals surface area contributed by atoms with Gasteiger partial charge in [-0.15, -0.1) is 0 Å². The van der Waals surface area contributed by atoms with Gasteiger partial charge >= 0.3 is 0 Å². The van der Waals surface area contributed by atoms with Crippen molar-refractivity contribution in [3.8, 4) is 5.75 Å². The van der Waals surface area contributed by atoms with Crippen LogP contribution in [0, 0.1) is 0 Å². The Labute approximate surface area is 147 Å². The van der Waals surface area contributed by atoms with Gasteiger partial charge < -0.3 is 19.5 Å². The SMILES string of the molecule is COc1cccc([C@H]2[C@@H](NC(=O)C3=COCCO3)CCN2C2CC2)c1. The first-order chi connectivity index (χ1) is 12.3. The van der Waals surface area contributed by atoms with Gasteiger partial charge in [-0.1, -0.05) is 12.1 Å². The average molecular weight is 344 g/mol. The lowest BCUT2D eigenvalue weighted by Crippen LogP contribution is -2.41. The highest BCUT2D eigenvalue weighted by atomic mass is 16.6. The maximum Gasteiger partial charge on any atom is 0.289 e. The summed E-state index contributed by atoms with van der Waals surface area (Å²) in [7, 11) is 1.68. The number of carbonyl (C=O) groups is 1. The molecule has 2 fully saturated rings. The number of rotatable bonds is 5. The zero-order valence-electron chi connectivity index (χ0n) is 14.4. The van der Waals surface area contributed by atoms with Crippen molar-refractivity contribution in [3.63, 3.8) is 0 Å². The Balaban J connectivity index is 1.55. The van der Waals surface area contributed by atoms with Crippen LogP contribution in [0.3, 0.4) is 0 Å². The zero-order chi connectivity index (χ0) is 17.2. The molecule has 1 aliphatic carbocycles. The third kappa shape index (κ3) is 3.44. The fraction of sp³-hybridized carbons (Fsp3) is 0.526. The van der Waals surface area contributed by atoms with E-state index in [2.05, 4.69) is 22.3 Å². The number of nitrogens with zero attached hydrogens (tertiary/aromatic N) is 1. The van der Waals surface area contributed by atoms with Crippen molar-refractivity contribution in [2.45, 2.75) is 37.4 Å². The van der Waals surface area contributed by atoms with Crippen molar-refractivity contribution in [2.75, 3.05) is 26.9 Å². The Morgan fingerprint density at radius 2 is 2.16 bits per heavy atom. The summed E-state index contributed by atoms with van der Waals surface area (Å²) in [6, 6.07) is 8.99. The molecule has 1 N–H and O–H groups in total. The van der Waals surface area contributed by atoms with Gasteiger partial charge in [-0.25, -0.2) is 0 Å². The first-order valence-electron chi connectivity index (χ1n) is 8.91. The highest BCUT2D eigenvalue weighted by molar-refractivity contribution is 5.91. The molecule has 0 aromatic heterocycles. The molecule has 6 nitrogen and oxygen atoms in total. The Kier molecular flexibility index (Phi) is 4.53. The molecule has 6 heteroatoms. The standard InChI is InChI=1S/C19H24N2O4/c1-23-15-4-2-3-13(11-15)18-16(7-8-21(18)14-5-6-14)20-19(22)17-12-24-9-10-25-17/h2-4,11-12,14,16,18H,5-10H2,1H3,(H,20,22)/t16-,18-/m0/s1. The molecule has 25 heavy (non-hydrogen) atoms. The van der Waals surface area contributed by atoms with E-state index in [1.807, 2.05) is 12.1 Å². The van der Waals surface area contributed by atoms with Crippen LogP contribution in [0.15, 0.2) is 36.3 Å². The lowest BCUT2D eigenvalue weighted by atomic mass is 9.99. The second-order valence-electron chi connectivity index (χ2n) is 6.76. The van der Waals surface area contributed by atoms with Gasteiger partial charge in [0.25, 0.3) is 5.91 Å². The fourth-order valence-corrected chi connectivity index (χ4v) is 3.76. The molecule has 1 aromatic carbocycles. The molecular weight excluding hydrogens is 320 g/mol. The number of ether oxygens (including phenoxy) is 3. The van der Waals surface area contributed by atoms with E-state index in [9.17, 15) is 4.79 Å². The van der Waals surface area contributed by atoms with Gasteiger partial charge in [0, 0.05) is 12.6 Å². The van der Waals surface area contributed by atoms with Gasteiger partial charge in [0.15, 0.2) is 0 Å². The van der Waals surface area contributed by atoms with Crippen molar-refractivity contribution < 1.29 is 19.0 Å². The zero-order valence-corrected chi connectivity index (χ0v) is 14.4. The van der Waals surface area contributed by atoms with Gasteiger partial charge in [0.05, 0.1) is 19.2 Å². The topological polar surface area (TPSA) is 60.0 Å². The minimum atomic E-state index is -0.199. The molecule has 0 bridgehead atoms. The minimum Gasteiger partial charge on any atom is -0.497 e. The molecule has 2 heterocycles. The molecule has 1 amide bonds. The average Bonchev–Trinajstić information content (AvgIpc) is 3.43. The van der Waals surface area contributed by atoms with E-state index in [4.69, 9.17) is 14.2 Å². The highest BCUT2D eigenvalue weighted by Gasteiger charge is 2.43. The van der Waals surface area contributed by atoms with Crippen LogP contribution in [0.2, 0.25) is 0 Å². The molecule has 0 unspecified atom stereocenters.